The number of halogens is 3. The van der Waals surface area contributed by atoms with Crippen molar-refractivity contribution < 1.29 is 32.6 Å². The molecule has 0 aliphatic carbocycles. The smallest absolute Gasteiger partial charge is 0.475 e. The van der Waals surface area contributed by atoms with Crippen LogP contribution in [-0.4, -0.2) is 54.5 Å². The number of fused-ring (bicyclic) bond motifs is 2. The van der Waals surface area contributed by atoms with Crippen molar-refractivity contribution in [2.45, 2.75) is 44.7 Å². The molecule has 2 saturated heterocycles. The highest BCUT2D eigenvalue weighted by molar-refractivity contribution is 5.80. The van der Waals surface area contributed by atoms with Crippen LogP contribution in [0.1, 0.15) is 20.3 Å². The summed E-state index contributed by atoms with van der Waals surface area (Å²) in [5, 5.41) is 13.4. The highest BCUT2D eigenvalue weighted by atomic mass is 19.4. The molecular formula is C12H19F3N2O4. The number of amides is 1. The molecule has 6 nitrogen and oxygen atoms in total. The molecule has 2 aliphatic heterocycles. The van der Waals surface area contributed by atoms with Gasteiger partial charge in [-0.25, -0.2) is 4.79 Å². The lowest BCUT2D eigenvalue weighted by molar-refractivity contribution is -0.192. The predicted octanol–water partition coefficient (Wildman–Crippen LogP) is 0.521. The van der Waals surface area contributed by atoms with E-state index in [0.717, 1.165) is 19.5 Å². The fraction of sp³-hybridized carbons (Fsp3) is 0.833. The van der Waals surface area contributed by atoms with Gasteiger partial charge in [-0.15, -0.1) is 0 Å². The summed E-state index contributed by atoms with van der Waals surface area (Å²) in [7, 11) is 0. The SMILES string of the molecule is CC(C)NC(=O)[C@H]1C[C@@H]2CNC[C@H]1O2.O=C(O)C(F)(F)F. The normalized spacial score (nSPS) is 27.8. The first kappa shape index (κ1) is 17.7. The minimum atomic E-state index is -5.08. The van der Waals surface area contributed by atoms with Gasteiger partial charge < -0.3 is 20.5 Å². The summed E-state index contributed by atoms with van der Waals surface area (Å²) in [5.41, 5.74) is 0. The van der Waals surface area contributed by atoms with Crippen molar-refractivity contribution in [2.75, 3.05) is 13.1 Å². The zero-order valence-electron chi connectivity index (χ0n) is 11.7. The van der Waals surface area contributed by atoms with Crippen molar-refractivity contribution in [3.05, 3.63) is 0 Å². The molecule has 1 amide bonds. The molecule has 0 aromatic heterocycles. The van der Waals surface area contributed by atoms with E-state index in [-0.39, 0.29) is 30.1 Å². The number of alkyl halides is 3. The third kappa shape index (κ3) is 5.50. The first-order chi connectivity index (χ1) is 9.61. The Bertz CT molecular complexity index is 387. The van der Waals surface area contributed by atoms with E-state index in [0.29, 0.717) is 0 Å². The molecule has 2 aliphatic rings. The molecule has 3 N–H and O–H groups in total. The molecule has 9 heteroatoms. The summed E-state index contributed by atoms with van der Waals surface area (Å²) >= 11 is 0. The fourth-order valence-corrected chi connectivity index (χ4v) is 2.21. The van der Waals surface area contributed by atoms with E-state index in [1.807, 2.05) is 13.8 Å². The number of carbonyl (C=O) groups is 2. The van der Waals surface area contributed by atoms with Crippen LogP contribution in [-0.2, 0) is 14.3 Å². The van der Waals surface area contributed by atoms with Crippen LogP contribution in [0.25, 0.3) is 0 Å². The van der Waals surface area contributed by atoms with Crippen molar-refractivity contribution in [1.29, 1.82) is 0 Å². The lowest BCUT2D eigenvalue weighted by Gasteiger charge is -2.23. The molecule has 0 spiro atoms. The number of carboxylic acid groups (broad SMARTS) is 1. The number of aliphatic carboxylic acids is 1. The van der Waals surface area contributed by atoms with Crippen LogP contribution < -0.4 is 10.6 Å². The molecule has 122 valence electrons. The van der Waals surface area contributed by atoms with Gasteiger partial charge in [0.05, 0.1) is 18.1 Å². The number of carboxylic acids is 1. The Hall–Kier alpha value is -1.35. The number of carbonyl (C=O) groups excluding carboxylic acids is 1. The van der Waals surface area contributed by atoms with Crippen LogP contribution in [0, 0.1) is 5.92 Å². The van der Waals surface area contributed by atoms with Crippen molar-refractivity contribution >= 4 is 11.9 Å². The summed E-state index contributed by atoms with van der Waals surface area (Å²) in [6.45, 7) is 5.67. The number of hydrogen-bond donors (Lipinski definition) is 3. The average Bonchev–Trinajstić information content (AvgIpc) is 2.63. The van der Waals surface area contributed by atoms with Gasteiger partial charge in [0.1, 0.15) is 0 Å². The highest BCUT2D eigenvalue weighted by Crippen LogP contribution is 2.28. The summed E-state index contributed by atoms with van der Waals surface area (Å²) in [6, 6.07) is 0.218. The topological polar surface area (TPSA) is 87.7 Å². The van der Waals surface area contributed by atoms with E-state index >= 15 is 0 Å². The molecule has 0 aromatic carbocycles. The van der Waals surface area contributed by atoms with Gasteiger partial charge in [0.2, 0.25) is 5.91 Å². The first-order valence-electron chi connectivity index (χ1n) is 6.58. The molecule has 0 saturated carbocycles. The van der Waals surface area contributed by atoms with Gasteiger partial charge in [-0.2, -0.15) is 13.2 Å². The average molecular weight is 312 g/mol. The Balaban J connectivity index is 0.000000270. The third-order valence-electron chi connectivity index (χ3n) is 3.06. The second-order valence-electron chi connectivity index (χ2n) is 5.26. The van der Waals surface area contributed by atoms with Gasteiger partial charge in [-0.3, -0.25) is 4.79 Å². The Morgan fingerprint density at radius 3 is 2.33 bits per heavy atom. The first-order valence-corrected chi connectivity index (χ1v) is 6.58. The Morgan fingerprint density at radius 2 is 1.90 bits per heavy atom. The highest BCUT2D eigenvalue weighted by Gasteiger charge is 2.42. The summed E-state index contributed by atoms with van der Waals surface area (Å²) < 4.78 is 37.4. The molecular weight excluding hydrogens is 293 g/mol. The minimum absolute atomic E-state index is 0.0531. The van der Waals surface area contributed by atoms with Crippen molar-refractivity contribution in [2.24, 2.45) is 5.92 Å². The Labute approximate surface area is 120 Å². The van der Waals surface area contributed by atoms with Crippen LogP contribution in [0.5, 0.6) is 0 Å². The van der Waals surface area contributed by atoms with E-state index in [9.17, 15) is 18.0 Å². The van der Waals surface area contributed by atoms with Crippen molar-refractivity contribution in [3.8, 4) is 0 Å². The fourth-order valence-electron chi connectivity index (χ4n) is 2.21. The quantitative estimate of drug-likeness (QED) is 0.692. The minimum Gasteiger partial charge on any atom is -0.475 e. The lowest BCUT2D eigenvalue weighted by Crippen LogP contribution is -2.43. The van der Waals surface area contributed by atoms with Crippen LogP contribution in [0.2, 0.25) is 0 Å². The number of ether oxygens (including phenoxy) is 1. The van der Waals surface area contributed by atoms with Gasteiger partial charge in [0, 0.05) is 19.1 Å². The molecule has 2 fully saturated rings. The van der Waals surface area contributed by atoms with E-state index < -0.39 is 12.1 Å². The van der Waals surface area contributed by atoms with Gasteiger partial charge in [0.15, 0.2) is 0 Å². The summed E-state index contributed by atoms with van der Waals surface area (Å²) in [6.07, 6.45) is -3.87. The number of rotatable bonds is 2. The lowest BCUT2D eigenvalue weighted by atomic mass is 9.99. The van der Waals surface area contributed by atoms with Gasteiger partial charge in [-0.1, -0.05) is 0 Å². The standard InChI is InChI=1S/C10H18N2O2.C2HF3O2/c1-6(2)12-10(13)8-3-7-4-11-5-9(8)14-7;3-2(4,5)1(6)7/h6-9,11H,3-5H2,1-2H3,(H,12,13);(H,6,7)/t7-,8+,9-;/m1./s1. The zero-order chi connectivity index (χ0) is 16.2. The Morgan fingerprint density at radius 1 is 1.33 bits per heavy atom. The molecule has 0 aromatic rings. The number of nitrogens with one attached hydrogen (secondary N) is 2. The summed E-state index contributed by atoms with van der Waals surface area (Å²) in [5.74, 6) is -2.55. The van der Waals surface area contributed by atoms with E-state index in [2.05, 4.69) is 10.6 Å². The maximum atomic E-state index is 11.8. The van der Waals surface area contributed by atoms with Gasteiger partial charge in [-0.05, 0) is 20.3 Å². The monoisotopic (exact) mass is 312 g/mol. The second kappa shape index (κ2) is 7.08. The number of hydrogen-bond acceptors (Lipinski definition) is 4. The number of morpholine rings is 1. The molecule has 0 radical (unpaired) electrons. The molecule has 21 heavy (non-hydrogen) atoms. The maximum Gasteiger partial charge on any atom is 0.490 e. The third-order valence-corrected chi connectivity index (χ3v) is 3.06. The van der Waals surface area contributed by atoms with Gasteiger partial charge in [0.25, 0.3) is 0 Å². The van der Waals surface area contributed by atoms with Crippen molar-refractivity contribution in [3.63, 3.8) is 0 Å². The van der Waals surface area contributed by atoms with E-state index in [1.165, 1.54) is 0 Å². The zero-order valence-corrected chi connectivity index (χ0v) is 11.7. The van der Waals surface area contributed by atoms with E-state index in [1.54, 1.807) is 0 Å². The molecule has 0 unspecified atom stereocenters. The van der Waals surface area contributed by atoms with Crippen LogP contribution in [0.15, 0.2) is 0 Å². The van der Waals surface area contributed by atoms with E-state index in [4.69, 9.17) is 14.6 Å². The van der Waals surface area contributed by atoms with Crippen LogP contribution >= 0.6 is 0 Å². The predicted molar refractivity (Wildman–Crippen MR) is 66.6 cm³/mol. The second-order valence-corrected chi connectivity index (χ2v) is 5.26. The Kier molecular flexibility index (Phi) is 5.97. The molecule has 2 heterocycles. The molecule has 2 bridgehead atoms. The largest absolute Gasteiger partial charge is 0.490 e. The molecule has 2 rings (SSSR count). The van der Waals surface area contributed by atoms with Gasteiger partial charge >= 0.3 is 12.1 Å². The van der Waals surface area contributed by atoms with Crippen LogP contribution in [0.4, 0.5) is 13.2 Å². The van der Waals surface area contributed by atoms with Crippen molar-refractivity contribution in [1.82, 2.24) is 10.6 Å². The molecule has 3 atom stereocenters. The summed E-state index contributed by atoms with van der Waals surface area (Å²) in [4.78, 5) is 20.7. The maximum absolute atomic E-state index is 11.8. The van der Waals surface area contributed by atoms with Crippen LogP contribution in [0.3, 0.4) is 0 Å².